The van der Waals surface area contributed by atoms with E-state index in [1.54, 1.807) is 12.1 Å². The van der Waals surface area contributed by atoms with Crippen LogP contribution in [0.15, 0.2) is 18.2 Å². The Balaban J connectivity index is 3.04. The van der Waals surface area contributed by atoms with Crippen molar-refractivity contribution in [2.45, 2.75) is 13.3 Å². The van der Waals surface area contributed by atoms with Crippen molar-refractivity contribution in [2.24, 2.45) is 0 Å². The van der Waals surface area contributed by atoms with Crippen molar-refractivity contribution in [3.8, 4) is 12.3 Å². The van der Waals surface area contributed by atoms with Crippen LogP contribution >= 0.6 is 11.6 Å². The van der Waals surface area contributed by atoms with Crippen molar-refractivity contribution in [1.29, 1.82) is 0 Å². The number of nitrogens with two attached hydrogens (primary N) is 1. The number of aryl methyl sites for hydroxylation is 1. The van der Waals surface area contributed by atoms with Gasteiger partial charge in [0, 0.05) is 5.39 Å². The molecule has 3 heteroatoms. The monoisotopic (exact) mass is 247 g/mol. The molecule has 0 heterocycles. The van der Waals surface area contributed by atoms with Gasteiger partial charge in [0.25, 0.3) is 0 Å². The normalized spacial score (nSPS) is 10.5. The highest BCUT2D eigenvalue weighted by molar-refractivity contribution is 6.35. The second-order valence-electron chi connectivity index (χ2n) is 3.78. The maximum Gasteiger partial charge on any atom is 0.139 e. The summed E-state index contributed by atoms with van der Waals surface area (Å²) in [4.78, 5) is 0. The van der Waals surface area contributed by atoms with Gasteiger partial charge in [-0.2, -0.15) is 0 Å². The fraction of sp³-hybridized carbons (Fsp3) is 0.143. The van der Waals surface area contributed by atoms with Crippen LogP contribution in [0.3, 0.4) is 0 Å². The maximum atomic E-state index is 13.7. The summed E-state index contributed by atoms with van der Waals surface area (Å²) in [6.07, 6.45) is 6.02. The Morgan fingerprint density at radius 2 is 2.18 bits per heavy atom. The third kappa shape index (κ3) is 1.73. The lowest BCUT2D eigenvalue weighted by Crippen LogP contribution is -1.97. The van der Waals surface area contributed by atoms with Gasteiger partial charge in [-0.25, -0.2) is 4.39 Å². The molecular weight excluding hydrogens is 237 g/mol. The molecule has 0 amide bonds. The summed E-state index contributed by atoms with van der Waals surface area (Å²) in [5.74, 6) is 1.98. The molecule has 0 unspecified atom stereocenters. The molecule has 0 aliphatic heterocycles. The average molecular weight is 248 g/mol. The number of anilines is 1. The summed E-state index contributed by atoms with van der Waals surface area (Å²) in [5.41, 5.74) is 7.36. The van der Waals surface area contributed by atoms with Gasteiger partial charge in [0.2, 0.25) is 0 Å². The molecule has 0 atom stereocenters. The zero-order valence-corrected chi connectivity index (χ0v) is 10.1. The molecule has 1 nitrogen and oxygen atoms in total. The first-order chi connectivity index (χ1) is 8.10. The van der Waals surface area contributed by atoms with Gasteiger partial charge >= 0.3 is 0 Å². The van der Waals surface area contributed by atoms with E-state index in [4.69, 9.17) is 23.8 Å². The van der Waals surface area contributed by atoms with Gasteiger partial charge in [0.1, 0.15) is 5.82 Å². The van der Waals surface area contributed by atoms with E-state index in [9.17, 15) is 4.39 Å². The van der Waals surface area contributed by atoms with Crippen molar-refractivity contribution in [3.63, 3.8) is 0 Å². The van der Waals surface area contributed by atoms with E-state index < -0.39 is 5.82 Å². The van der Waals surface area contributed by atoms with Gasteiger partial charge in [-0.3, -0.25) is 0 Å². The van der Waals surface area contributed by atoms with E-state index in [0.29, 0.717) is 22.5 Å². The first-order valence-electron chi connectivity index (χ1n) is 5.25. The number of rotatable bonds is 1. The van der Waals surface area contributed by atoms with Crippen molar-refractivity contribution in [1.82, 2.24) is 0 Å². The molecule has 2 aromatic carbocycles. The number of fused-ring (bicyclic) bond motifs is 1. The molecule has 0 spiro atoms. The minimum atomic E-state index is -0.407. The standard InChI is InChI=1S/C14H11ClFN/c1-3-9-11(16)6-5-8-7-12(17)14(15)10(4-2)13(8)9/h1,5-7H,4,17H2,2H3. The Morgan fingerprint density at radius 1 is 1.47 bits per heavy atom. The Morgan fingerprint density at radius 3 is 2.76 bits per heavy atom. The first-order valence-corrected chi connectivity index (χ1v) is 5.63. The predicted octanol–water partition coefficient (Wildman–Crippen LogP) is 3.76. The molecule has 2 rings (SSSR count). The minimum Gasteiger partial charge on any atom is -0.397 e. The first kappa shape index (κ1) is 11.8. The second-order valence-corrected chi connectivity index (χ2v) is 4.15. The van der Waals surface area contributed by atoms with Crippen molar-refractivity contribution in [3.05, 3.63) is 40.2 Å². The Hall–Kier alpha value is -1.72. The Kier molecular flexibility index (Phi) is 2.95. The van der Waals surface area contributed by atoms with E-state index in [2.05, 4.69) is 5.92 Å². The van der Waals surface area contributed by atoms with E-state index in [1.807, 2.05) is 6.92 Å². The molecule has 0 saturated heterocycles. The lowest BCUT2D eigenvalue weighted by atomic mass is 9.96. The van der Waals surface area contributed by atoms with Crippen LogP contribution in [0, 0.1) is 18.2 Å². The summed E-state index contributed by atoms with van der Waals surface area (Å²) in [6.45, 7) is 1.94. The van der Waals surface area contributed by atoms with E-state index >= 15 is 0 Å². The molecular formula is C14H11ClFN. The SMILES string of the molecule is C#Cc1c(F)ccc2cc(N)c(Cl)c(CC)c12. The fourth-order valence-corrected chi connectivity index (χ4v) is 2.31. The van der Waals surface area contributed by atoms with Crippen molar-refractivity contribution in [2.75, 3.05) is 5.73 Å². The molecule has 0 radical (unpaired) electrons. The number of terminal acetylenes is 1. The lowest BCUT2D eigenvalue weighted by molar-refractivity contribution is 0.626. The lowest BCUT2D eigenvalue weighted by Gasteiger charge is -2.12. The van der Waals surface area contributed by atoms with Gasteiger partial charge in [0.15, 0.2) is 0 Å². The molecule has 2 N–H and O–H groups in total. The second kappa shape index (κ2) is 4.27. The summed E-state index contributed by atoms with van der Waals surface area (Å²) >= 11 is 6.14. The molecule has 0 aromatic heterocycles. The molecule has 0 aliphatic carbocycles. The summed E-state index contributed by atoms with van der Waals surface area (Å²) in [5, 5.41) is 1.97. The fourth-order valence-electron chi connectivity index (χ4n) is 2.03. The molecule has 0 aliphatic rings. The van der Waals surface area contributed by atoms with E-state index in [-0.39, 0.29) is 5.56 Å². The molecule has 86 valence electrons. The van der Waals surface area contributed by atoms with Crippen LogP contribution < -0.4 is 5.73 Å². The largest absolute Gasteiger partial charge is 0.397 e. The molecule has 17 heavy (non-hydrogen) atoms. The highest BCUT2D eigenvalue weighted by Gasteiger charge is 2.14. The Bertz CT molecular complexity index is 641. The minimum absolute atomic E-state index is 0.251. The van der Waals surface area contributed by atoms with Gasteiger partial charge in [-0.05, 0) is 29.5 Å². The van der Waals surface area contributed by atoms with Crippen LogP contribution in [0.5, 0.6) is 0 Å². The third-order valence-electron chi connectivity index (χ3n) is 2.82. The van der Waals surface area contributed by atoms with Crippen molar-refractivity contribution >= 4 is 28.1 Å². The van der Waals surface area contributed by atoms with Crippen LogP contribution in [-0.2, 0) is 6.42 Å². The maximum absolute atomic E-state index is 13.7. The van der Waals surface area contributed by atoms with Gasteiger partial charge in [0.05, 0.1) is 16.3 Å². The van der Waals surface area contributed by atoms with Crippen LogP contribution in [0.4, 0.5) is 10.1 Å². The number of hydrogen-bond donors (Lipinski definition) is 1. The van der Waals surface area contributed by atoms with Gasteiger partial charge in [-0.15, -0.1) is 6.42 Å². The van der Waals surface area contributed by atoms with E-state index in [1.165, 1.54) is 6.07 Å². The van der Waals surface area contributed by atoms with Gasteiger partial charge in [-0.1, -0.05) is 30.5 Å². The van der Waals surface area contributed by atoms with Crippen LogP contribution in [0.2, 0.25) is 5.02 Å². The number of hydrogen-bond acceptors (Lipinski definition) is 1. The summed E-state index contributed by atoms with van der Waals surface area (Å²) in [7, 11) is 0. The smallest absolute Gasteiger partial charge is 0.139 e. The third-order valence-corrected chi connectivity index (χ3v) is 3.26. The van der Waals surface area contributed by atoms with E-state index in [0.717, 1.165) is 10.9 Å². The molecule has 2 aromatic rings. The average Bonchev–Trinajstić information content (AvgIpc) is 2.32. The highest BCUT2D eigenvalue weighted by atomic mass is 35.5. The number of benzene rings is 2. The summed E-state index contributed by atoms with van der Waals surface area (Å²) in [6, 6.07) is 4.73. The molecule has 0 saturated carbocycles. The zero-order chi connectivity index (χ0) is 12.6. The topological polar surface area (TPSA) is 26.0 Å². The number of nitrogen functional groups attached to an aromatic ring is 1. The van der Waals surface area contributed by atoms with Gasteiger partial charge < -0.3 is 5.73 Å². The van der Waals surface area contributed by atoms with Crippen LogP contribution in [0.25, 0.3) is 10.8 Å². The number of halogens is 2. The molecule has 0 bridgehead atoms. The van der Waals surface area contributed by atoms with Crippen molar-refractivity contribution < 1.29 is 4.39 Å². The Labute approximate surface area is 104 Å². The quantitative estimate of drug-likeness (QED) is 0.603. The summed E-state index contributed by atoms with van der Waals surface area (Å²) < 4.78 is 13.7. The zero-order valence-electron chi connectivity index (χ0n) is 9.35. The van der Waals surface area contributed by atoms with Crippen LogP contribution in [-0.4, -0.2) is 0 Å². The highest BCUT2D eigenvalue weighted by Crippen LogP contribution is 2.34. The molecule has 0 fully saturated rings. The predicted molar refractivity (Wildman–Crippen MR) is 70.6 cm³/mol. The van der Waals surface area contributed by atoms with Crippen LogP contribution in [0.1, 0.15) is 18.1 Å².